The highest BCUT2D eigenvalue weighted by atomic mass is 19.1. The Labute approximate surface area is 168 Å². The van der Waals surface area contributed by atoms with Crippen LogP contribution in [0, 0.1) is 18.6 Å². The molecule has 0 bridgehead atoms. The van der Waals surface area contributed by atoms with Gasteiger partial charge in [-0.3, -0.25) is 4.79 Å². The second-order valence-electron chi connectivity index (χ2n) is 7.75. The first-order valence-corrected chi connectivity index (χ1v) is 10.0. The third kappa shape index (κ3) is 3.86. The number of benzene rings is 1. The fourth-order valence-electron chi connectivity index (χ4n) is 3.97. The van der Waals surface area contributed by atoms with Gasteiger partial charge in [-0.2, -0.15) is 0 Å². The van der Waals surface area contributed by atoms with Gasteiger partial charge in [0, 0.05) is 30.3 Å². The lowest BCUT2D eigenvalue weighted by molar-refractivity contribution is 0.0941. The van der Waals surface area contributed by atoms with Crippen molar-refractivity contribution in [3.05, 3.63) is 58.5 Å². The standard InChI is InChI=1S/C22H24F2N4O/c1-13-12-16(20-21(25-13)28-10-5-3-4-9-19(28)27-20)22(29)26-14(2)11-15-17(23)7-6-8-18(15)24/h6-8,12,14H,3-5,9-11H2,1-2H3,(H,26,29)/t14-/m1/s1. The summed E-state index contributed by atoms with van der Waals surface area (Å²) in [5.74, 6) is -0.554. The second kappa shape index (κ2) is 7.89. The van der Waals surface area contributed by atoms with Gasteiger partial charge in [0.05, 0.1) is 5.56 Å². The van der Waals surface area contributed by atoms with Gasteiger partial charge in [-0.15, -0.1) is 0 Å². The third-order valence-electron chi connectivity index (χ3n) is 5.39. The maximum absolute atomic E-state index is 13.9. The van der Waals surface area contributed by atoms with Crippen LogP contribution in [-0.2, 0) is 19.4 Å². The molecule has 1 N–H and O–H groups in total. The summed E-state index contributed by atoms with van der Waals surface area (Å²) in [6.07, 6.45) is 4.25. The lowest BCUT2D eigenvalue weighted by Crippen LogP contribution is -2.34. The zero-order chi connectivity index (χ0) is 20.5. The van der Waals surface area contributed by atoms with Crippen molar-refractivity contribution in [3.8, 4) is 0 Å². The van der Waals surface area contributed by atoms with Gasteiger partial charge < -0.3 is 9.88 Å². The van der Waals surface area contributed by atoms with Gasteiger partial charge in [-0.1, -0.05) is 12.5 Å². The fraction of sp³-hybridized carbons (Fsp3) is 0.409. The Morgan fingerprint density at radius 3 is 2.72 bits per heavy atom. The van der Waals surface area contributed by atoms with Crippen LogP contribution >= 0.6 is 0 Å². The number of fused-ring (bicyclic) bond motifs is 3. The van der Waals surface area contributed by atoms with Gasteiger partial charge in [-0.25, -0.2) is 18.7 Å². The predicted molar refractivity (Wildman–Crippen MR) is 107 cm³/mol. The highest BCUT2D eigenvalue weighted by Gasteiger charge is 2.22. The van der Waals surface area contributed by atoms with E-state index in [0.29, 0.717) is 11.1 Å². The molecule has 29 heavy (non-hydrogen) atoms. The van der Waals surface area contributed by atoms with Gasteiger partial charge in [0.2, 0.25) is 0 Å². The minimum atomic E-state index is -0.605. The van der Waals surface area contributed by atoms with Crippen LogP contribution in [0.3, 0.4) is 0 Å². The van der Waals surface area contributed by atoms with E-state index in [9.17, 15) is 13.6 Å². The van der Waals surface area contributed by atoms with Crippen LogP contribution in [0.2, 0.25) is 0 Å². The lowest BCUT2D eigenvalue weighted by Gasteiger charge is -2.15. The van der Waals surface area contributed by atoms with Gasteiger partial charge in [0.1, 0.15) is 23.0 Å². The van der Waals surface area contributed by atoms with Crippen LogP contribution in [0.4, 0.5) is 8.78 Å². The first-order valence-electron chi connectivity index (χ1n) is 10.0. The first kappa shape index (κ1) is 19.5. The van der Waals surface area contributed by atoms with E-state index in [-0.39, 0.29) is 17.9 Å². The third-order valence-corrected chi connectivity index (χ3v) is 5.39. The van der Waals surface area contributed by atoms with Crippen molar-refractivity contribution in [2.45, 2.75) is 58.5 Å². The number of amides is 1. The van der Waals surface area contributed by atoms with E-state index in [1.165, 1.54) is 18.2 Å². The molecule has 0 saturated carbocycles. The zero-order valence-corrected chi connectivity index (χ0v) is 16.6. The number of halogens is 2. The SMILES string of the molecule is Cc1cc(C(=O)N[C@H](C)Cc2c(F)cccc2F)c2nc3n(c2n1)CCCCC3. The molecule has 1 atom stereocenters. The summed E-state index contributed by atoms with van der Waals surface area (Å²) in [7, 11) is 0. The number of aryl methyl sites for hydroxylation is 3. The molecule has 152 valence electrons. The van der Waals surface area contributed by atoms with Crippen molar-refractivity contribution in [2.75, 3.05) is 0 Å². The van der Waals surface area contributed by atoms with E-state index in [1.807, 2.05) is 6.92 Å². The average molecular weight is 398 g/mol. The fourth-order valence-corrected chi connectivity index (χ4v) is 3.97. The molecule has 0 saturated heterocycles. The average Bonchev–Trinajstić information content (AvgIpc) is 2.85. The predicted octanol–water partition coefficient (Wildman–Crippen LogP) is 4.11. The van der Waals surface area contributed by atoms with Crippen molar-refractivity contribution in [2.24, 2.45) is 0 Å². The number of rotatable bonds is 4. The van der Waals surface area contributed by atoms with Crippen molar-refractivity contribution in [1.82, 2.24) is 19.9 Å². The molecule has 1 amide bonds. The quantitative estimate of drug-likeness (QED) is 0.720. The van der Waals surface area contributed by atoms with E-state index in [4.69, 9.17) is 4.98 Å². The summed E-state index contributed by atoms with van der Waals surface area (Å²) < 4.78 is 30.0. The van der Waals surface area contributed by atoms with Gasteiger partial charge in [0.15, 0.2) is 5.65 Å². The molecule has 3 heterocycles. The summed E-state index contributed by atoms with van der Waals surface area (Å²) >= 11 is 0. The molecule has 0 fully saturated rings. The van der Waals surface area contributed by atoms with Crippen LogP contribution in [0.15, 0.2) is 24.3 Å². The molecule has 0 spiro atoms. The smallest absolute Gasteiger partial charge is 0.253 e. The molecule has 1 aliphatic rings. The largest absolute Gasteiger partial charge is 0.349 e. The maximum Gasteiger partial charge on any atom is 0.253 e. The molecule has 3 aromatic rings. The summed E-state index contributed by atoms with van der Waals surface area (Å²) in [6, 6.07) is 5.05. The monoisotopic (exact) mass is 398 g/mol. The van der Waals surface area contributed by atoms with E-state index < -0.39 is 17.7 Å². The second-order valence-corrected chi connectivity index (χ2v) is 7.75. The number of imidazole rings is 1. The number of aromatic nitrogens is 3. The Bertz CT molecular complexity index is 1060. The number of hydrogen-bond donors (Lipinski definition) is 1. The van der Waals surface area contributed by atoms with E-state index in [0.717, 1.165) is 49.4 Å². The Hall–Kier alpha value is -2.83. The topological polar surface area (TPSA) is 59.8 Å². The minimum Gasteiger partial charge on any atom is -0.349 e. The number of nitrogens with one attached hydrogen (secondary N) is 1. The molecule has 0 aliphatic carbocycles. The minimum absolute atomic E-state index is 0.0231. The van der Waals surface area contributed by atoms with E-state index in [2.05, 4.69) is 14.9 Å². The van der Waals surface area contributed by atoms with Gasteiger partial charge in [0.25, 0.3) is 5.91 Å². The molecule has 0 unspecified atom stereocenters. The summed E-state index contributed by atoms with van der Waals surface area (Å²) in [5.41, 5.74) is 2.50. The van der Waals surface area contributed by atoms with Crippen molar-refractivity contribution in [3.63, 3.8) is 0 Å². The Kier molecular flexibility index (Phi) is 5.30. The van der Waals surface area contributed by atoms with Crippen molar-refractivity contribution >= 4 is 17.1 Å². The molecular weight excluding hydrogens is 374 g/mol. The molecule has 0 radical (unpaired) electrons. The molecule has 4 rings (SSSR count). The van der Waals surface area contributed by atoms with Crippen LogP contribution < -0.4 is 5.32 Å². The normalized spacial score (nSPS) is 15.0. The number of hydrogen-bond acceptors (Lipinski definition) is 3. The maximum atomic E-state index is 13.9. The molecule has 1 aromatic carbocycles. The molecule has 2 aromatic heterocycles. The highest BCUT2D eigenvalue weighted by Crippen LogP contribution is 2.24. The Balaban J connectivity index is 1.61. The number of pyridine rings is 1. The molecular formula is C22H24F2N4O. The summed E-state index contributed by atoms with van der Waals surface area (Å²) in [6.45, 7) is 4.44. The molecule has 1 aliphatic heterocycles. The number of nitrogens with zero attached hydrogens (tertiary/aromatic N) is 3. The number of carbonyl (C=O) groups excluding carboxylic acids is 1. The first-order chi connectivity index (χ1) is 13.9. The molecule has 5 nitrogen and oxygen atoms in total. The van der Waals surface area contributed by atoms with Gasteiger partial charge in [-0.05, 0) is 51.3 Å². The van der Waals surface area contributed by atoms with E-state index in [1.54, 1.807) is 13.0 Å². The van der Waals surface area contributed by atoms with E-state index >= 15 is 0 Å². The lowest BCUT2D eigenvalue weighted by atomic mass is 10.1. The van der Waals surface area contributed by atoms with Crippen LogP contribution in [0.25, 0.3) is 11.2 Å². The van der Waals surface area contributed by atoms with Crippen LogP contribution in [0.1, 0.15) is 53.6 Å². The van der Waals surface area contributed by atoms with Crippen molar-refractivity contribution in [1.29, 1.82) is 0 Å². The zero-order valence-electron chi connectivity index (χ0n) is 16.6. The summed E-state index contributed by atoms with van der Waals surface area (Å²) in [5, 5.41) is 2.86. The highest BCUT2D eigenvalue weighted by molar-refractivity contribution is 6.04. The van der Waals surface area contributed by atoms with Gasteiger partial charge >= 0.3 is 0 Å². The van der Waals surface area contributed by atoms with Crippen LogP contribution in [-0.4, -0.2) is 26.5 Å². The summed E-state index contributed by atoms with van der Waals surface area (Å²) in [4.78, 5) is 22.3. The number of carbonyl (C=O) groups is 1. The van der Waals surface area contributed by atoms with Crippen molar-refractivity contribution < 1.29 is 13.6 Å². The molecule has 7 heteroatoms. The Morgan fingerprint density at radius 1 is 1.21 bits per heavy atom. The Morgan fingerprint density at radius 2 is 1.97 bits per heavy atom. The van der Waals surface area contributed by atoms with Crippen LogP contribution in [0.5, 0.6) is 0 Å².